The second kappa shape index (κ2) is 6.85. The minimum Gasteiger partial charge on any atom is -0.344 e. The molecule has 1 saturated heterocycles. The molecule has 3 atom stereocenters. The molecular weight excluding hydrogens is 354 g/mol. The van der Waals surface area contributed by atoms with E-state index in [0.717, 1.165) is 55.9 Å². The number of nitrogens with one attached hydrogen (secondary N) is 1. The van der Waals surface area contributed by atoms with E-state index in [2.05, 4.69) is 38.4 Å². The van der Waals surface area contributed by atoms with Crippen LogP contribution in [0.5, 0.6) is 0 Å². The number of carbonyl (C=O) groups excluding carboxylic acids is 1. The van der Waals surface area contributed by atoms with Gasteiger partial charge < -0.3 is 10.2 Å². The van der Waals surface area contributed by atoms with Crippen molar-refractivity contribution in [3.8, 4) is 0 Å². The number of amides is 1. The van der Waals surface area contributed by atoms with Crippen LogP contribution in [0, 0.1) is 11.8 Å². The smallest absolute Gasteiger partial charge is 0.246 e. The van der Waals surface area contributed by atoms with E-state index in [1.165, 1.54) is 11.9 Å². The summed E-state index contributed by atoms with van der Waals surface area (Å²) in [4.78, 5) is 20.8. The number of nitrogens with zero attached hydrogens (tertiary/aromatic N) is 6. The average Bonchev–Trinajstić information content (AvgIpc) is 3.41. The van der Waals surface area contributed by atoms with E-state index in [-0.39, 0.29) is 5.91 Å². The Balaban J connectivity index is 1.20. The van der Waals surface area contributed by atoms with Crippen LogP contribution in [0.2, 0.25) is 0 Å². The zero-order valence-corrected chi connectivity index (χ0v) is 15.7. The van der Waals surface area contributed by atoms with E-state index >= 15 is 0 Å². The molecule has 5 rings (SSSR count). The Morgan fingerprint density at radius 3 is 2.82 bits per heavy atom. The molecule has 0 radical (unpaired) electrons. The zero-order valence-electron chi connectivity index (χ0n) is 15.7. The molecule has 3 aliphatic rings. The number of tetrazole rings is 1. The first-order valence-corrected chi connectivity index (χ1v) is 9.79. The van der Waals surface area contributed by atoms with Gasteiger partial charge in [-0.2, -0.15) is 4.80 Å². The van der Waals surface area contributed by atoms with Gasteiger partial charge >= 0.3 is 0 Å². The van der Waals surface area contributed by atoms with Crippen molar-refractivity contribution in [2.75, 3.05) is 18.4 Å². The maximum absolute atomic E-state index is 12.6. The van der Waals surface area contributed by atoms with Crippen molar-refractivity contribution in [3.05, 3.63) is 48.1 Å². The minimum absolute atomic E-state index is 0.0778. The molecule has 0 aromatic carbocycles. The van der Waals surface area contributed by atoms with E-state index in [1.807, 2.05) is 11.0 Å². The molecule has 8 nitrogen and oxygen atoms in total. The van der Waals surface area contributed by atoms with Crippen molar-refractivity contribution in [2.45, 2.75) is 31.7 Å². The van der Waals surface area contributed by atoms with Crippen LogP contribution in [0.25, 0.3) is 6.08 Å². The number of rotatable bonds is 3. The van der Waals surface area contributed by atoms with Gasteiger partial charge in [-0.05, 0) is 66.0 Å². The summed E-state index contributed by atoms with van der Waals surface area (Å²) in [5, 5.41) is 15.2. The summed E-state index contributed by atoms with van der Waals surface area (Å²) >= 11 is 0. The second-order valence-corrected chi connectivity index (χ2v) is 7.98. The number of allylic oxidation sites excluding steroid dienone is 1. The van der Waals surface area contributed by atoms with Gasteiger partial charge in [0.1, 0.15) is 5.82 Å². The first-order chi connectivity index (χ1) is 13.7. The molecule has 0 spiro atoms. The van der Waals surface area contributed by atoms with Crippen molar-refractivity contribution >= 4 is 17.8 Å². The molecular formula is C20H23N7O. The number of fused-ring (bicyclic) bond motifs is 2. The molecule has 1 aliphatic carbocycles. The largest absolute Gasteiger partial charge is 0.344 e. The van der Waals surface area contributed by atoms with Crippen LogP contribution in [0.15, 0.2) is 36.9 Å². The second-order valence-electron chi connectivity index (χ2n) is 7.98. The van der Waals surface area contributed by atoms with Gasteiger partial charge in [0.05, 0.1) is 6.04 Å². The van der Waals surface area contributed by atoms with Gasteiger partial charge in [0.2, 0.25) is 5.91 Å². The first-order valence-electron chi connectivity index (χ1n) is 9.79. The maximum Gasteiger partial charge on any atom is 0.246 e. The molecule has 0 bridgehead atoms. The number of carbonyl (C=O) groups is 1. The summed E-state index contributed by atoms with van der Waals surface area (Å²) < 4.78 is 0. The molecule has 2 fully saturated rings. The quantitative estimate of drug-likeness (QED) is 0.824. The van der Waals surface area contributed by atoms with Crippen molar-refractivity contribution in [1.82, 2.24) is 30.1 Å². The van der Waals surface area contributed by atoms with Crippen LogP contribution in [0.4, 0.5) is 5.82 Å². The van der Waals surface area contributed by atoms with Crippen LogP contribution in [0.1, 0.15) is 36.4 Å². The number of aromatic nitrogens is 5. The molecule has 1 N–H and O–H groups in total. The maximum atomic E-state index is 12.6. The standard InChI is InChI=1S/C20H23N7O/c1-13-2-4-15-6-14(9-21-20(15)24-13)3-5-19(28)26-10-16-7-18(8-17(16)11-26)27-23-12-22-25-27/h3,5-6,9,12,16-18H,1-2,4,7-8,10-11H2,(H,21,24)/b5-3+/t16-,17+,18?. The van der Waals surface area contributed by atoms with Crippen molar-refractivity contribution in [3.63, 3.8) is 0 Å². The molecule has 4 heterocycles. The third kappa shape index (κ3) is 3.19. The number of likely N-dealkylation sites (tertiary alicyclic amines) is 1. The molecule has 1 unspecified atom stereocenters. The lowest BCUT2D eigenvalue weighted by Crippen LogP contribution is -2.28. The number of hydrogen-bond acceptors (Lipinski definition) is 6. The van der Waals surface area contributed by atoms with Gasteiger partial charge in [0, 0.05) is 31.1 Å². The molecule has 8 heteroatoms. The van der Waals surface area contributed by atoms with E-state index in [4.69, 9.17) is 0 Å². The SMILES string of the molecule is C=C1CCc2cc(/C=C/C(=O)N3C[C@H]4CC(n5ncnn5)C[C@H]4C3)cnc2N1. The zero-order chi connectivity index (χ0) is 19.1. The van der Waals surface area contributed by atoms with Crippen molar-refractivity contribution < 1.29 is 4.79 Å². The topological polar surface area (TPSA) is 88.8 Å². The van der Waals surface area contributed by atoms with E-state index in [0.29, 0.717) is 17.9 Å². The van der Waals surface area contributed by atoms with Gasteiger partial charge in [-0.3, -0.25) is 4.79 Å². The molecule has 2 aromatic heterocycles. The summed E-state index contributed by atoms with van der Waals surface area (Å²) in [7, 11) is 0. The van der Waals surface area contributed by atoms with Crippen molar-refractivity contribution in [1.29, 1.82) is 0 Å². The van der Waals surface area contributed by atoms with Crippen molar-refractivity contribution in [2.24, 2.45) is 11.8 Å². The molecule has 28 heavy (non-hydrogen) atoms. The Morgan fingerprint density at radius 1 is 1.25 bits per heavy atom. The van der Waals surface area contributed by atoms with Crippen LogP contribution in [-0.2, 0) is 11.2 Å². The number of anilines is 1. The molecule has 1 amide bonds. The number of hydrogen-bond donors (Lipinski definition) is 1. The Kier molecular flexibility index (Phi) is 4.18. The first kappa shape index (κ1) is 17.1. The highest BCUT2D eigenvalue weighted by atomic mass is 16.2. The predicted octanol–water partition coefficient (Wildman–Crippen LogP) is 2.06. The normalized spacial score (nSPS) is 26.4. The Labute approximate surface area is 163 Å². The van der Waals surface area contributed by atoms with Gasteiger partial charge in [0.15, 0.2) is 6.33 Å². The van der Waals surface area contributed by atoms with Gasteiger partial charge in [-0.1, -0.05) is 6.58 Å². The Hall–Kier alpha value is -3.03. The highest BCUT2D eigenvalue weighted by Crippen LogP contribution is 2.43. The monoisotopic (exact) mass is 377 g/mol. The molecule has 1 saturated carbocycles. The van der Waals surface area contributed by atoms with Crippen LogP contribution >= 0.6 is 0 Å². The van der Waals surface area contributed by atoms with E-state index < -0.39 is 0 Å². The van der Waals surface area contributed by atoms with Crippen LogP contribution < -0.4 is 5.32 Å². The summed E-state index contributed by atoms with van der Waals surface area (Å²) in [5.74, 6) is 2.01. The Morgan fingerprint density at radius 2 is 2.07 bits per heavy atom. The number of pyridine rings is 1. The highest BCUT2D eigenvalue weighted by molar-refractivity contribution is 5.92. The summed E-state index contributed by atoms with van der Waals surface area (Å²) in [6.07, 6.45) is 10.7. The third-order valence-corrected chi connectivity index (χ3v) is 6.13. The highest BCUT2D eigenvalue weighted by Gasteiger charge is 2.43. The fourth-order valence-electron chi connectivity index (χ4n) is 4.69. The summed E-state index contributed by atoms with van der Waals surface area (Å²) in [6.45, 7) is 5.58. The fraction of sp³-hybridized carbons (Fsp3) is 0.450. The van der Waals surface area contributed by atoms with E-state index in [1.54, 1.807) is 17.1 Å². The lowest BCUT2D eigenvalue weighted by molar-refractivity contribution is -0.125. The lowest BCUT2D eigenvalue weighted by atomic mass is 10.0. The average molecular weight is 377 g/mol. The van der Waals surface area contributed by atoms with Gasteiger partial charge in [0.25, 0.3) is 0 Å². The lowest BCUT2D eigenvalue weighted by Gasteiger charge is -2.19. The summed E-state index contributed by atoms with van der Waals surface area (Å²) in [6, 6.07) is 2.41. The predicted molar refractivity (Wildman–Crippen MR) is 104 cm³/mol. The molecule has 2 aromatic rings. The van der Waals surface area contributed by atoms with E-state index in [9.17, 15) is 4.79 Å². The minimum atomic E-state index is 0.0778. The summed E-state index contributed by atoms with van der Waals surface area (Å²) in [5.41, 5.74) is 3.13. The molecule has 2 aliphatic heterocycles. The Bertz CT molecular complexity index is 922. The third-order valence-electron chi connectivity index (χ3n) is 6.13. The molecule has 144 valence electrons. The van der Waals surface area contributed by atoms with Gasteiger partial charge in [-0.15, -0.1) is 10.2 Å². The van der Waals surface area contributed by atoms with Crippen LogP contribution in [0.3, 0.4) is 0 Å². The number of aryl methyl sites for hydroxylation is 1. The fourth-order valence-corrected chi connectivity index (χ4v) is 4.69. The van der Waals surface area contributed by atoms with Gasteiger partial charge in [-0.25, -0.2) is 4.98 Å². The van der Waals surface area contributed by atoms with Crippen LogP contribution in [-0.4, -0.2) is 49.1 Å².